The van der Waals surface area contributed by atoms with Crippen molar-refractivity contribution in [2.24, 2.45) is 5.73 Å². The zero-order chi connectivity index (χ0) is 31.9. The van der Waals surface area contributed by atoms with Crippen molar-refractivity contribution >= 4 is 13.7 Å². The Bertz CT molecular complexity index is 654. The zero-order valence-corrected chi connectivity index (χ0v) is 29.1. The van der Waals surface area contributed by atoms with Crippen LogP contribution in [0.3, 0.4) is 0 Å². The maximum Gasteiger partial charge on any atom is 0.472 e. The third-order valence-electron chi connectivity index (χ3n) is 8.21. The number of carbonyl (C=O) groups is 1. The van der Waals surface area contributed by atoms with Crippen LogP contribution in [0.15, 0.2) is 0 Å². The molecule has 0 saturated carbocycles. The van der Waals surface area contributed by atoms with Crippen LogP contribution < -0.4 is 11.1 Å². The number of unbranched alkanes of at least 4 members (excludes halogenated alkanes) is 22. The van der Waals surface area contributed by atoms with E-state index in [0.29, 0.717) is 12.8 Å². The molecule has 1 amide bonds. The van der Waals surface area contributed by atoms with Crippen molar-refractivity contribution in [1.82, 2.24) is 5.32 Å². The summed E-state index contributed by atoms with van der Waals surface area (Å²) in [6.07, 6.45) is 29.8. The molecular formula is C34H71N2O6P. The predicted octanol–water partition coefficient (Wildman–Crippen LogP) is 9.11. The minimum absolute atomic E-state index is 0.0917. The Kier molecular flexibility index (Phi) is 31.1. The van der Waals surface area contributed by atoms with Crippen LogP contribution in [0.4, 0.5) is 0 Å². The maximum absolute atomic E-state index is 12.6. The van der Waals surface area contributed by atoms with Crippen LogP contribution in [0.25, 0.3) is 0 Å². The number of amides is 1. The van der Waals surface area contributed by atoms with Gasteiger partial charge in [0, 0.05) is 13.0 Å². The Morgan fingerprint density at radius 2 is 1.07 bits per heavy atom. The topological polar surface area (TPSA) is 131 Å². The lowest BCUT2D eigenvalue weighted by Crippen LogP contribution is -2.46. The van der Waals surface area contributed by atoms with Crippen LogP contribution in [0.2, 0.25) is 0 Å². The van der Waals surface area contributed by atoms with E-state index in [-0.39, 0.29) is 25.7 Å². The number of nitrogens with two attached hydrogens (primary N) is 1. The molecule has 0 saturated heterocycles. The highest BCUT2D eigenvalue weighted by molar-refractivity contribution is 7.47. The summed E-state index contributed by atoms with van der Waals surface area (Å²) >= 11 is 0. The second-order valence-corrected chi connectivity index (χ2v) is 13.9. The molecule has 0 fully saturated rings. The van der Waals surface area contributed by atoms with Gasteiger partial charge in [0.1, 0.15) is 0 Å². The van der Waals surface area contributed by atoms with Gasteiger partial charge in [0.25, 0.3) is 0 Å². The second-order valence-electron chi connectivity index (χ2n) is 12.4. The number of hydrogen-bond donors (Lipinski definition) is 4. The summed E-state index contributed by atoms with van der Waals surface area (Å²) in [7, 11) is -4.29. The molecule has 0 bridgehead atoms. The normalized spacial score (nSPS) is 14.4. The zero-order valence-electron chi connectivity index (χ0n) is 28.2. The van der Waals surface area contributed by atoms with E-state index in [2.05, 4.69) is 19.2 Å². The van der Waals surface area contributed by atoms with Gasteiger partial charge in [-0.2, -0.15) is 0 Å². The van der Waals surface area contributed by atoms with Gasteiger partial charge in [-0.05, 0) is 12.8 Å². The van der Waals surface area contributed by atoms with Gasteiger partial charge in [0.15, 0.2) is 0 Å². The van der Waals surface area contributed by atoms with E-state index in [0.717, 1.165) is 38.5 Å². The minimum atomic E-state index is -4.29. The highest BCUT2D eigenvalue weighted by Gasteiger charge is 2.27. The summed E-state index contributed by atoms with van der Waals surface area (Å²) in [5.74, 6) is -0.167. The number of aliphatic hydroxyl groups is 1. The maximum atomic E-state index is 12.6. The van der Waals surface area contributed by atoms with Crippen molar-refractivity contribution in [2.75, 3.05) is 19.8 Å². The molecule has 5 N–H and O–H groups in total. The minimum Gasteiger partial charge on any atom is -0.391 e. The molecular weight excluding hydrogens is 563 g/mol. The fraction of sp³-hybridized carbons (Fsp3) is 0.971. The highest BCUT2D eigenvalue weighted by atomic mass is 31.2. The highest BCUT2D eigenvalue weighted by Crippen LogP contribution is 2.43. The third-order valence-corrected chi connectivity index (χ3v) is 9.20. The number of rotatable bonds is 34. The molecule has 0 aliphatic carbocycles. The van der Waals surface area contributed by atoms with Crippen molar-refractivity contribution in [3.63, 3.8) is 0 Å². The molecule has 0 heterocycles. The first kappa shape index (κ1) is 42.5. The van der Waals surface area contributed by atoms with Crippen LogP contribution >= 0.6 is 7.82 Å². The molecule has 9 heteroatoms. The Balaban J connectivity index is 4.14. The Morgan fingerprint density at radius 3 is 1.49 bits per heavy atom. The van der Waals surface area contributed by atoms with E-state index in [9.17, 15) is 19.4 Å². The van der Waals surface area contributed by atoms with Crippen molar-refractivity contribution in [2.45, 2.75) is 193 Å². The first-order valence-corrected chi connectivity index (χ1v) is 19.6. The fourth-order valence-corrected chi connectivity index (χ4v) is 6.19. The summed E-state index contributed by atoms with van der Waals surface area (Å²) < 4.78 is 22.0. The molecule has 1 unspecified atom stereocenters. The van der Waals surface area contributed by atoms with E-state index in [1.165, 1.54) is 116 Å². The van der Waals surface area contributed by atoms with Gasteiger partial charge in [-0.15, -0.1) is 0 Å². The van der Waals surface area contributed by atoms with Gasteiger partial charge in [0.05, 0.1) is 25.4 Å². The van der Waals surface area contributed by atoms with Crippen LogP contribution in [0.5, 0.6) is 0 Å². The van der Waals surface area contributed by atoms with Crippen LogP contribution in [0, 0.1) is 0 Å². The van der Waals surface area contributed by atoms with Crippen molar-refractivity contribution < 1.29 is 28.4 Å². The first-order chi connectivity index (χ1) is 20.9. The molecule has 0 aromatic rings. The van der Waals surface area contributed by atoms with Gasteiger partial charge >= 0.3 is 7.82 Å². The average Bonchev–Trinajstić information content (AvgIpc) is 2.99. The van der Waals surface area contributed by atoms with Gasteiger partial charge < -0.3 is 21.1 Å². The first-order valence-electron chi connectivity index (χ1n) is 18.2. The van der Waals surface area contributed by atoms with Gasteiger partial charge in [-0.1, -0.05) is 162 Å². The lowest BCUT2D eigenvalue weighted by atomic mass is 10.0. The molecule has 0 spiro atoms. The molecule has 258 valence electrons. The predicted molar refractivity (Wildman–Crippen MR) is 180 cm³/mol. The monoisotopic (exact) mass is 635 g/mol. The van der Waals surface area contributed by atoms with E-state index >= 15 is 0 Å². The summed E-state index contributed by atoms with van der Waals surface area (Å²) in [6, 6.07) is -0.764. The number of nitrogens with one attached hydrogen (secondary N) is 1. The van der Waals surface area contributed by atoms with Gasteiger partial charge in [-0.25, -0.2) is 4.57 Å². The van der Waals surface area contributed by atoms with Crippen LogP contribution in [0.1, 0.15) is 181 Å². The van der Waals surface area contributed by atoms with Crippen molar-refractivity contribution in [3.8, 4) is 0 Å². The van der Waals surface area contributed by atoms with Crippen LogP contribution in [-0.2, 0) is 18.4 Å². The summed E-state index contributed by atoms with van der Waals surface area (Å²) in [5, 5.41) is 13.7. The third kappa shape index (κ3) is 29.9. The number of hydrogen-bond acceptors (Lipinski definition) is 6. The number of aliphatic hydroxyl groups excluding tert-OH is 1. The summed E-state index contributed by atoms with van der Waals surface area (Å²) in [5.41, 5.74) is 5.34. The average molecular weight is 635 g/mol. The van der Waals surface area contributed by atoms with Gasteiger partial charge in [-0.3, -0.25) is 13.8 Å². The molecule has 0 aromatic carbocycles. The molecule has 0 rings (SSSR count). The van der Waals surface area contributed by atoms with E-state index in [1.807, 2.05) is 0 Å². The largest absolute Gasteiger partial charge is 0.472 e. The molecule has 0 radical (unpaired) electrons. The van der Waals surface area contributed by atoms with E-state index in [4.69, 9.17) is 14.8 Å². The van der Waals surface area contributed by atoms with E-state index < -0.39 is 20.0 Å². The Hall–Kier alpha value is -0.500. The molecule has 3 atom stereocenters. The standard InChI is InChI=1S/C34H71N2O6P/c1-3-5-7-9-11-12-13-14-15-16-17-18-19-20-22-23-25-27-33(37)32(31-42-43(39,40)41-30-29-35)36-34(38)28-26-24-21-10-8-6-4-2/h32-33,37H,3-31,35H2,1-2H3,(H,36,38)(H,39,40)/t32-,33+/m0/s1. The Labute approximate surface area is 265 Å². The van der Waals surface area contributed by atoms with Crippen molar-refractivity contribution in [1.29, 1.82) is 0 Å². The SMILES string of the molecule is CCCCCCCCCCCCCCCCCCC[C@@H](O)[C@H](COP(=O)(O)OCCN)NC(=O)CCCCCCCCC. The van der Waals surface area contributed by atoms with Crippen LogP contribution in [-0.4, -0.2) is 47.8 Å². The van der Waals surface area contributed by atoms with Crippen molar-refractivity contribution in [3.05, 3.63) is 0 Å². The Morgan fingerprint density at radius 1 is 0.674 bits per heavy atom. The molecule has 0 aliphatic heterocycles. The molecule has 8 nitrogen and oxygen atoms in total. The molecule has 43 heavy (non-hydrogen) atoms. The summed E-state index contributed by atoms with van der Waals surface area (Å²) in [4.78, 5) is 22.4. The smallest absolute Gasteiger partial charge is 0.391 e. The van der Waals surface area contributed by atoms with Gasteiger partial charge in [0.2, 0.25) is 5.91 Å². The molecule has 0 aliphatic rings. The lowest BCUT2D eigenvalue weighted by Gasteiger charge is -2.25. The fourth-order valence-electron chi connectivity index (χ4n) is 5.43. The number of phosphoric acid groups is 1. The lowest BCUT2D eigenvalue weighted by molar-refractivity contribution is -0.123. The van der Waals surface area contributed by atoms with E-state index in [1.54, 1.807) is 0 Å². The quantitative estimate of drug-likeness (QED) is 0.0410. The second kappa shape index (κ2) is 31.5. The molecule has 0 aromatic heterocycles. The summed E-state index contributed by atoms with van der Waals surface area (Å²) in [6.45, 7) is 4.16. The number of carbonyl (C=O) groups excluding carboxylic acids is 1. The number of phosphoric ester groups is 1.